The van der Waals surface area contributed by atoms with Crippen LogP contribution in [0.15, 0.2) is 23.8 Å². The molecule has 1 heterocycles. The molecule has 1 saturated heterocycles. The Balaban J connectivity index is 2.02. The lowest BCUT2D eigenvalue weighted by Gasteiger charge is -2.17. The standard InChI is InChI=1S/C11H13NO/c13-11-8-4-2-1-3-7(8)9-5-12-6-10(9)11/h1-2,4,7,9-10,12H,3,5-6H2. The summed E-state index contributed by atoms with van der Waals surface area (Å²) in [6.45, 7) is 1.93. The van der Waals surface area contributed by atoms with Gasteiger partial charge in [-0.1, -0.05) is 18.2 Å². The molecule has 13 heavy (non-hydrogen) atoms. The van der Waals surface area contributed by atoms with Crippen molar-refractivity contribution in [3.8, 4) is 0 Å². The maximum absolute atomic E-state index is 11.9. The lowest BCUT2D eigenvalue weighted by molar-refractivity contribution is -0.117. The molecule has 2 heteroatoms. The van der Waals surface area contributed by atoms with Gasteiger partial charge < -0.3 is 5.32 Å². The number of rotatable bonds is 0. The topological polar surface area (TPSA) is 29.1 Å². The molecule has 0 amide bonds. The zero-order valence-corrected chi connectivity index (χ0v) is 7.49. The second-order valence-corrected chi connectivity index (χ2v) is 4.19. The quantitative estimate of drug-likeness (QED) is 0.593. The Hall–Kier alpha value is -0.890. The fourth-order valence-corrected chi connectivity index (χ4v) is 2.94. The number of ketones is 1. The van der Waals surface area contributed by atoms with Crippen molar-refractivity contribution in [1.82, 2.24) is 5.32 Å². The van der Waals surface area contributed by atoms with Crippen LogP contribution < -0.4 is 5.32 Å². The average Bonchev–Trinajstić information content (AvgIpc) is 2.72. The first-order chi connectivity index (χ1) is 6.38. The van der Waals surface area contributed by atoms with Gasteiger partial charge in [-0.05, 0) is 30.4 Å². The minimum absolute atomic E-state index is 0.288. The monoisotopic (exact) mass is 175 g/mol. The summed E-state index contributed by atoms with van der Waals surface area (Å²) < 4.78 is 0. The van der Waals surface area contributed by atoms with E-state index in [1.807, 2.05) is 12.2 Å². The van der Waals surface area contributed by atoms with Gasteiger partial charge in [0.2, 0.25) is 0 Å². The van der Waals surface area contributed by atoms with Crippen LogP contribution in [0.3, 0.4) is 0 Å². The summed E-state index contributed by atoms with van der Waals surface area (Å²) in [5, 5.41) is 3.32. The van der Waals surface area contributed by atoms with E-state index < -0.39 is 0 Å². The first kappa shape index (κ1) is 7.51. The number of hydrogen-bond donors (Lipinski definition) is 1. The number of allylic oxidation sites excluding steroid dienone is 4. The summed E-state index contributed by atoms with van der Waals surface area (Å²) in [6.07, 6.45) is 7.30. The maximum atomic E-state index is 11.9. The highest BCUT2D eigenvalue weighted by atomic mass is 16.1. The van der Waals surface area contributed by atoms with Crippen molar-refractivity contribution in [1.29, 1.82) is 0 Å². The summed E-state index contributed by atoms with van der Waals surface area (Å²) in [7, 11) is 0. The number of carbonyl (C=O) groups is 1. The summed E-state index contributed by atoms with van der Waals surface area (Å²) in [5.41, 5.74) is 1.10. The van der Waals surface area contributed by atoms with Gasteiger partial charge in [-0.25, -0.2) is 0 Å². The van der Waals surface area contributed by atoms with E-state index in [4.69, 9.17) is 0 Å². The van der Waals surface area contributed by atoms with Gasteiger partial charge in [-0.15, -0.1) is 0 Å². The van der Waals surface area contributed by atoms with Crippen molar-refractivity contribution < 1.29 is 4.79 Å². The smallest absolute Gasteiger partial charge is 0.163 e. The normalized spacial score (nSPS) is 41.7. The van der Waals surface area contributed by atoms with Crippen LogP contribution in [0.2, 0.25) is 0 Å². The van der Waals surface area contributed by atoms with E-state index in [1.54, 1.807) is 0 Å². The Morgan fingerprint density at radius 1 is 1.31 bits per heavy atom. The van der Waals surface area contributed by atoms with Gasteiger partial charge in [0.15, 0.2) is 5.78 Å². The molecule has 0 aromatic carbocycles. The molecule has 0 bridgehead atoms. The molecule has 0 radical (unpaired) electrons. The van der Waals surface area contributed by atoms with Gasteiger partial charge in [0.1, 0.15) is 0 Å². The highest BCUT2D eigenvalue weighted by molar-refractivity contribution is 6.01. The molecule has 0 aromatic heterocycles. The predicted molar refractivity (Wildman–Crippen MR) is 50.2 cm³/mol. The van der Waals surface area contributed by atoms with E-state index in [1.165, 1.54) is 0 Å². The molecule has 1 saturated carbocycles. The third-order valence-corrected chi connectivity index (χ3v) is 3.60. The van der Waals surface area contributed by atoms with Gasteiger partial charge >= 0.3 is 0 Å². The van der Waals surface area contributed by atoms with Gasteiger partial charge in [0, 0.05) is 12.5 Å². The van der Waals surface area contributed by atoms with E-state index in [2.05, 4.69) is 11.4 Å². The third kappa shape index (κ3) is 0.894. The Morgan fingerprint density at radius 3 is 3.15 bits per heavy atom. The molecule has 3 rings (SSSR count). The Morgan fingerprint density at radius 2 is 2.23 bits per heavy atom. The third-order valence-electron chi connectivity index (χ3n) is 3.60. The molecule has 2 nitrogen and oxygen atoms in total. The van der Waals surface area contributed by atoms with Crippen LogP contribution >= 0.6 is 0 Å². The number of fused-ring (bicyclic) bond motifs is 3. The highest BCUT2D eigenvalue weighted by Gasteiger charge is 2.47. The van der Waals surface area contributed by atoms with Crippen LogP contribution in [0.5, 0.6) is 0 Å². The molecule has 1 N–H and O–H groups in total. The van der Waals surface area contributed by atoms with Crippen LogP contribution in [-0.4, -0.2) is 18.9 Å². The minimum atomic E-state index is 0.288. The summed E-state index contributed by atoms with van der Waals surface area (Å²) in [6, 6.07) is 0. The molecule has 3 unspecified atom stereocenters. The zero-order chi connectivity index (χ0) is 8.84. The minimum Gasteiger partial charge on any atom is -0.316 e. The summed E-state index contributed by atoms with van der Waals surface area (Å²) >= 11 is 0. The zero-order valence-electron chi connectivity index (χ0n) is 7.49. The molecule has 0 aromatic rings. The average molecular weight is 175 g/mol. The summed E-state index contributed by atoms with van der Waals surface area (Å²) in [5.74, 6) is 1.81. The van der Waals surface area contributed by atoms with Gasteiger partial charge in [-0.2, -0.15) is 0 Å². The van der Waals surface area contributed by atoms with E-state index in [0.29, 0.717) is 17.6 Å². The van der Waals surface area contributed by atoms with Crippen LogP contribution in [0.1, 0.15) is 6.42 Å². The second kappa shape index (κ2) is 2.55. The van der Waals surface area contributed by atoms with Crippen LogP contribution in [0, 0.1) is 17.8 Å². The van der Waals surface area contributed by atoms with Crippen LogP contribution in [0.25, 0.3) is 0 Å². The molecule has 3 atom stereocenters. The van der Waals surface area contributed by atoms with Crippen molar-refractivity contribution in [3.63, 3.8) is 0 Å². The Kier molecular flexibility index (Phi) is 1.47. The molecular weight excluding hydrogens is 162 g/mol. The number of carbonyl (C=O) groups excluding carboxylic acids is 1. The highest BCUT2D eigenvalue weighted by Crippen LogP contribution is 2.43. The van der Waals surface area contributed by atoms with Gasteiger partial charge in [0.25, 0.3) is 0 Å². The Labute approximate surface area is 77.7 Å². The number of hydrogen-bond acceptors (Lipinski definition) is 2. The van der Waals surface area contributed by atoms with Crippen molar-refractivity contribution in [2.45, 2.75) is 6.42 Å². The molecule has 2 fully saturated rings. The summed E-state index contributed by atoms with van der Waals surface area (Å²) in [4.78, 5) is 11.9. The first-order valence-electron chi connectivity index (χ1n) is 4.99. The van der Waals surface area contributed by atoms with Gasteiger partial charge in [-0.3, -0.25) is 4.79 Å². The predicted octanol–water partition coefficient (Wildman–Crippen LogP) is 0.907. The molecular formula is C11H13NO. The second-order valence-electron chi connectivity index (χ2n) is 4.19. The van der Waals surface area contributed by atoms with E-state index in [-0.39, 0.29) is 5.92 Å². The molecule has 2 aliphatic carbocycles. The molecule has 68 valence electrons. The first-order valence-corrected chi connectivity index (χ1v) is 4.99. The molecule has 1 aliphatic heterocycles. The van der Waals surface area contributed by atoms with Crippen molar-refractivity contribution >= 4 is 5.78 Å². The molecule has 3 aliphatic rings. The van der Waals surface area contributed by atoms with Crippen molar-refractivity contribution in [2.75, 3.05) is 13.1 Å². The largest absolute Gasteiger partial charge is 0.316 e. The van der Waals surface area contributed by atoms with Crippen LogP contribution in [0.4, 0.5) is 0 Å². The Bertz CT molecular complexity index is 316. The number of Topliss-reactive ketones (excluding diaryl/α,β-unsaturated/α-hetero) is 1. The SMILES string of the molecule is O=C1C2=CC=CCC2C2CNCC12. The maximum Gasteiger partial charge on any atom is 0.163 e. The lowest BCUT2D eigenvalue weighted by atomic mass is 9.86. The fourth-order valence-electron chi connectivity index (χ4n) is 2.94. The van der Waals surface area contributed by atoms with E-state index in [0.717, 1.165) is 25.1 Å². The molecule has 0 spiro atoms. The van der Waals surface area contributed by atoms with Crippen molar-refractivity contribution in [3.05, 3.63) is 23.8 Å². The van der Waals surface area contributed by atoms with E-state index in [9.17, 15) is 4.79 Å². The number of nitrogens with one attached hydrogen (secondary N) is 1. The van der Waals surface area contributed by atoms with Crippen molar-refractivity contribution in [2.24, 2.45) is 17.8 Å². The van der Waals surface area contributed by atoms with Crippen LogP contribution in [-0.2, 0) is 4.79 Å². The van der Waals surface area contributed by atoms with Gasteiger partial charge in [0.05, 0.1) is 0 Å². The van der Waals surface area contributed by atoms with E-state index >= 15 is 0 Å². The lowest BCUT2D eigenvalue weighted by Crippen LogP contribution is -2.18. The fraction of sp³-hybridized carbons (Fsp3) is 0.545.